The molecule has 3 heterocycles. The largest absolute Gasteiger partial charge is 0.367 e. The fraction of sp³-hybridized carbons (Fsp3) is 0.476. The molecule has 0 unspecified atom stereocenters. The van der Waals surface area contributed by atoms with E-state index in [1.165, 1.54) is 12.5 Å². The van der Waals surface area contributed by atoms with Gasteiger partial charge < -0.3 is 20.5 Å². The number of aromatic nitrogens is 2. The van der Waals surface area contributed by atoms with Crippen molar-refractivity contribution in [1.29, 1.82) is 0 Å². The van der Waals surface area contributed by atoms with E-state index >= 15 is 0 Å². The Bertz CT molecular complexity index is 911. The number of carbonyl (C=O) groups excluding carboxylic acids is 2. The number of amides is 2. The number of rotatable bonds is 4. The summed E-state index contributed by atoms with van der Waals surface area (Å²) in [6.07, 6.45) is 9.97. The molecule has 7 nitrogen and oxygen atoms in total. The van der Waals surface area contributed by atoms with Gasteiger partial charge in [0.2, 0.25) is 11.8 Å². The van der Waals surface area contributed by atoms with E-state index in [-0.39, 0.29) is 5.92 Å². The van der Waals surface area contributed by atoms with Crippen LogP contribution in [0.3, 0.4) is 0 Å². The summed E-state index contributed by atoms with van der Waals surface area (Å²) in [6.45, 7) is 5.35. The molecule has 2 amide bonds. The molecule has 0 aromatic carbocycles. The van der Waals surface area contributed by atoms with Crippen molar-refractivity contribution in [2.24, 2.45) is 17.6 Å². The lowest BCUT2D eigenvalue weighted by atomic mass is 10.0. The third-order valence-corrected chi connectivity index (χ3v) is 5.98. The number of anilines is 1. The standard InChI is InChI=1S/C21H27N5O2/c1-14-2-3-15(10-14)21(28)26-8-6-25(7-9-26)17-11-18-16(4-5-19(22)27)12-23-20(18)24-13-17/h4-5,11-15H,2-3,6-10H2,1H3,(H2,22,27)(H,23,24)/b5-4+/t14-,15-/m1/s1. The van der Waals surface area contributed by atoms with Crippen LogP contribution < -0.4 is 10.6 Å². The number of H-pyrrole nitrogens is 1. The highest BCUT2D eigenvalue weighted by Crippen LogP contribution is 2.32. The number of primary amides is 1. The number of nitrogens with one attached hydrogen (secondary N) is 1. The van der Waals surface area contributed by atoms with Gasteiger partial charge in [0, 0.05) is 55.3 Å². The summed E-state index contributed by atoms with van der Waals surface area (Å²) in [5.41, 5.74) is 7.88. The Labute approximate surface area is 164 Å². The Kier molecular flexibility index (Phi) is 5.07. The SMILES string of the molecule is C[C@@H]1CC[C@@H](C(=O)N2CCN(c3cnc4[nH]cc(/C=C/C(N)=O)c4c3)CC2)C1. The van der Waals surface area contributed by atoms with E-state index in [4.69, 9.17) is 5.73 Å². The Morgan fingerprint density at radius 2 is 2.04 bits per heavy atom. The molecule has 2 aromatic rings. The zero-order valence-electron chi connectivity index (χ0n) is 16.2. The zero-order chi connectivity index (χ0) is 19.7. The third-order valence-electron chi connectivity index (χ3n) is 5.98. The number of piperazine rings is 1. The Hall–Kier alpha value is -2.83. The van der Waals surface area contributed by atoms with E-state index in [1.54, 1.807) is 6.08 Å². The molecule has 1 aliphatic carbocycles. The summed E-state index contributed by atoms with van der Waals surface area (Å²) in [4.78, 5) is 35.7. The lowest BCUT2D eigenvalue weighted by molar-refractivity contribution is -0.135. The first-order valence-electron chi connectivity index (χ1n) is 9.99. The van der Waals surface area contributed by atoms with Crippen LogP contribution in [-0.4, -0.2) is 52.9 Å². The van der Waals surface area contributed by atoms with Crippen molar-refractivity contribution < 1.29 is 9.59 Å². The van der Waals surface area contributed by atoms with Crippen LogP contribution in [0.4, 0.5) is 5.69 Å². The maximum atomic E-state index is 12.7. The monoisotopic (exact) mass is 381 g/mol. The normalized spacial score (nSPS) is 23.0. The summed E-state index contributed by atoms with van der Waals surface area (Å²) >= 11 is 0. The Balaban J connectivity index is 1.44. The molecule has 1 aliphatic heterocycles. The molecule has 4 rings (SSSR count). The number of fused-ring (bicyclic) bond motifs is 1. The highest BCUT2D eigenvalue weighted by atomic mass is 16.2. The van der Waals surface area contributed by atoms with Crippen LogP contribution in [0, 0.1) is 11.8 Å². The predicted molar refractivity (Wildman–Crippen MR) is 110 cm³/mol. The van der Waals surface area contributed by atoms with E-state index < -0.39 is 5.91 Å². The number of nitrogens with zero attached hydrogens (tertiary/aromatic N) is 3. The third kappa shape index (κ3) is 3.74. The van der Waals surface area contributed by atoms with Crippen LogP contribution in [0.5, 0.6) is 0 Å². The van der Waals surface area contributed by atoms with Gasteiger partial charge >= 0.3 is 0 Å². The van der Waals surface area contributed by atoms with Crippen LogP contribution in [0.1, 0.15) is 31.7 Å². The molecule has 3 N–H and O–H groups in total. The van der Waals surface area contributed by atoms with Crippen molar-refractivity contribution in [1.82, 2.24) is 14.9 Å². The summed E-state index contributed by atoms with van der Waals surface area (Å²) in [5.74, 6) is 0.754. The molecular formula is C21H27N5O2. The Morgan fingerprint density at radius 1 is 1.25 bits per heavy atom. The van der Waals surface area contributed by atoms with Crippen LogP contribution >= 0.6 is 0 Å². The van der Waals surface area contributed by atoms with Gasteiger partial charge in [0.15, 0.2) is 0 Å². The van der Waals surface area contributed by atoms with E-state index in [2.05, 4.69) is 27.9 Å². The molecular weight excluding hydrogens is 354 g/mol. The quantitative estimate of drug-likeness (QED) is 0.793. The van der Waals surface area contributed by atoms with Gasteiger partial charge in [-0.3, -0.25) is 9.59 Å². The zero-order valence-corrected chi connectivity index (χ0v) is 16.2. The van der Waals surface area contributed by atoms with Crippen molar-refractivity contribution in [2.75, 3.05) is 31.1 Å². The topological polar surface area (TPSA) is 95.3 Å². The molecule has 7 heteroatoms. The number of aromatic amines is 1. The van der Waals surface area contributed by atoms with Gasteiger partial charge in [-0.15, -0.1) is 0 Å². The molecule has 148 valence electrons. The molecule has 0 radical (unpaired) electrons. The maximum absolute atomic E-state index is 12.7. The average Bonchev–Trinajstić information content (AvgIpc) is 3.31. The molecule has 0 bridgehead atoms. The Morgan fingerprint density at radius 3 is 2.71 bits per heavy atom. The molecule has 2 fully saturated rings. The van der Waals surface area contributed by atoms with Gasteiger partial charge in [0.25, 0.3) is 0 Å². The first-order chi connectivity index (χ1) is 13.5. The van der Waals surface area contributed by atoms with E-state index in [0.29, 0.717) is 11.8 Å². The van der Waals surface area contributed by atoms with Crippen molar-refractivity contribution in [3.63, 3.8) is 0 Å². The summed E-state index contributed by atoms with van der Waals surface area (Å²) in [5, 5.41) is 0.952. The van der Waals surface area contributed by atoms with Crippen molar-refractivity contribution >= 4 is 34.6 Å². The maximum Gasteiger partial charge on any atom is 0.241 e. The van der Waals surface area contributed by atoms with E-state index in [0.717, 1.165) is 61.3 Å². The molecule has 2 aliphatic rings. The second-order valence-electron chi connectivity index (χ2n) is 8.00. The van der Waals surface area contributed by atoms with E-state index in [1.807, 2.05) is 17.3 Å². The van der Waals surface area contributed by atoms with E-state index in [9.17, 15) is 9.59 Å². The van der Waals surface area contributed by atoms with Gasteiger partial charge in [0.1, 0.15) is 5.65 Å². The van der Waals surface area contributed by atoms with Gasteiger partial charge in [-0.1, -0.05) is 6.92 Å². The molecule has 1 saturated carbocycles. The second-order valence-corrected chi connectivity index (χ2v) is 8.00. The molecule has 0 spiro atoms. The van der Waals surface area contributed by atoms with Crippen LogP contribution in [0.15, 0.2) is 24.5 Å². The first kappa shape index (κ1) is 18.5. The first-order valence-corrected chi connectivity index (χ1v) is 9.99. The van der Waals surface area contributed by atoms with Gasteiger partial charge in [-0.05, 0) is 37.3 Å². The molecule has 2 atom stereocenters. The predicted octanol–water partition coefficient (Wildman–Crippen LogP) is 2.15. The number of nitrogens with two attached hydrogens (primary N) is 1. The van der Waals surface area contributed by atoms with Crippen molar-refractivity contribution in [3.8, 4) is 0 Å². The van der Waals surface area contributed by atoms with Crippen molar-refractivity contribution in [3.05, 3.63) is 30.1 Å². The van der Waals surface area contributed by atoms with Crippen molar-refractivity contribution in [2.45, 2.75) is 26.2 Å². The van der Waals surface area contributed by atoms with Crippen LogP contribution in [-0.2, 0) is 9.59 Å². The molecule has 28 heavy (non-hydrogen) atoms. The van der Waals surface area contributed by atoms with Gasteiger partial charge in [0.05, 0.1) is 11.9 Å². The highest BCUT2D eigenvalue weighted by Gasteiger charge is 2.32. The number of hydrogen-bond donors (Lipinski definition) is 2. The number of hydrogen-bond acceptors (Lipinski definition) is 4. The minimum Gasteiger partial charge on any atom is -0.367 e. The van der Waals surface area contributed by atoms with Crippen LogP contribution in [0.2, 0.25) is 0 Å². The smallest absolute Gasteiger partial charge is 0.241 e. The second kappa shape index (κ2) is 7.66. The highest BCUT2D eigenvalue weighted by molar-refractivity contribution is 5.95. The number of carbonyl (C=O) groups is 2. The lowest BCUT2D eigenvalue weighted by Gasteiger charge is -2.37. The minimum absolute atomic E-state index is 0.221. The van der Waals surface area contributed by atoms with Crippen LogP contribution in [0.25, 0.3) is 17.1 Å². The summed E-state index contributed by atoms with van der Waals surface area (Å²) in [7, 11) is 0. The fourth-order valence-electron chi connectivity index (χ4n) is 4.37. The number of pyridine rings is 1. The lowest BCUT2D eigenvalue weighted by Crippen LogP contribution is -2.50. The molecule has 2 aromatic heterocycles. The summed E-state index contributed by atoms with van der Waals surface area (Å²) < 4.78 is 0. The van der Waals surface area contributed by atoms with Gasteiger partial charge in [-0.25, -0.2) is 4.98 Å². The minimum atomic E-state index is -0.476. The fourth-order valence-corrected chi connectivity index (χ4v) is 4.37. The van der Waals surface area contributed by atoms with Gasteiger partial charge in [-0.2, -0.15) is 0 Å². The average molecular weight is 381 g/mol. The molecule has 1 saturated heterocycles. The summed E-state index contributed by atoms with van der Waals surface area (Å²) in [6, 6.07) is 2.08.